The van der Waals surface area contributed by atoms with Crippen LogP contribution < -0.4 is 4.74 Å². The maximum Gasteiger partial charge on any atom is 0.246 e. The van der Waals surface area contributed by atoms with Crippen LogP contribution in [0, 0.1) is 0 Å². The van der Waals surface area contributed by atoms with Crippen molar-refractivity contribution in [2.45, 2.75) is 37.3 Å². The lowest BCUT2D eigenvalue weighted by atomic mass is 9.80. The zero-order chi connectivity index (χ0) is 25.8. The van der Waals surface area contributed by atoms with Gasteiger partial charge in [0, 0.05) is 40.1 Å². The van der Waals surface area contributed by atoms with Crippen LogP contribution in [-0.2, 0) is 16.0 Å². The van der Waals surface area contributed by atoms with Gasteiger partial charge in [-0.15, -0.1) is 10.2 Å². The molecule has 8 heteroatoms. The van der Waals surface area contributed by atoms with Crippen molar-refractivity contribution < 1.29 is 19.4 Å². The molecule has 2 saturated heterocycles. The van der Waals surface area contributed by atoms with Gasteiger partial charge in [0.25, 0.3) is 0 Å². The van der Waals surface area contributed by atoms with Crippen LogP contribution in [0.15, 0.2) is 61.2 Å². The SMILES string of the molecule is C=CC(=O)N1C2COCC1CC(c1[nH]c3nnc(-c4ccccc4O)cc3c1-c1cccc3c1OCC3)C2. The summed E-state index contributed by atoms with van der Waals surface area (Å²) in [6.45, 7) is 5.41. The summed E-state index contributed by atoms with van der Waals surface area (Å²) in [6.07, 6.45) is 3.82. The molecule has 8 nitrogen and oxygen atoms in total. The number of ether oxygens (including phenoxy) is 2. The summed E-state index contributed by atoms with van der Waals surface area (Å²) in [7, 11) is 0. The van der Waals surface area contributed by atoms with Crippen molar-refractivity contribution in [3.63, 3.8) is 0 Å². The fraction of sp³-hybridized carbons (Fsp3) is 0.300. The molecule has 2 N–H and O–H groups in total. The first-order valence-electron chi connectivity index (χ1n) is 13.1. The zero-order valence-electron chi connectivity index (χ0n) is 20.9. The normalized spacial score (nSPS) is 22.2. The largest absolute Gasteiger partial charge is 0.507 e. The van der Waals surface area contributed by atoms with Gasteiger partial charge in [0.05, 0.1) is 37.6 Å². The Hall–Kier alpha value is -4.17. The number of piperidine rings is 1. The highest BCUT2D eigenvalue weighted by molar-refractivity contribution is 5.99. The predicted octanol–water partition coefficient (Wildman–Crippen LogP) is 4.59. The number of hydrogen-bond donors (Lipinski definition) is 2. The first-order valence-corrected chi connectivity index (χ1v) is 13.1. The third-order valence-electron chi connectivity index (χ3n) is 8.11. The molecule has 2 bridgehead atoms. The highest BCUT2D eigenvalue weighted by Crippen LogP contribution is 2.47. The first kappa shape index (κ1) is 23.0. The summed E-state index contributed by atoms with van der Waals surface area (Å²) in [5, 5.41) is 20.4. The molecule has 0 aliphatic carbocycles. The average Bonchev–Trinajstić information content (AvgIpc) is 3.57. The second-order valence-electron chi connectivity index (χ2n) is 10.3. The van der Waals surface area contributed by atoms with Gasteiger partial charge in [-0.2, -0.15) is 0 Å². The number of phenols is 1. The summed E-state index contributed by atoms with van der Waals surface area (Å²) in [6, 6.07) is 15.4. The fourth-order valence-corrected chi connectivity index (χ4v) is 6.46. The minimum Gasteiger partial charge on any atom is -0.507 e. The number of hydrogen-bond acceptors (Lipinski definition) is 6. The van der Waals surface area contributed by atoms with E-state index in [1.54, 1.807) is 12.1 Å². The maximum absolute atomic E-state index is 12.7. The molecule has 38 heavy (non-hydrogen) atoms. The van der Waals surface area contributed by atoms with Gasteiger partial charge in [0.1, 0.15) is 11.5 Å². The number of phenolic OH excluding ortho intramolecular Hbond substituents is 1. The Morgan fingerprint density at radius 1 is 1.08 bits per heavy atom. The summed E-state index contributed by atoms with van der Waals surface area (Å²) in [5.41, 5.74) is 6.29. The number of aromatic nitrogens is 3. The Labute approximate surface area is 219 Å². The number of rotatable bonds is 4. The molecule has 2 unspecified atom stereocenters. The second-order valence-corrected chi connectivity index (χ2v) is 10.3. The topological polar surface area (TPSA) is 101 Å². The average molecular weight is 509 g/mol. The summed E-state index contributed by atoms with van der Waals surface area (Å²) < 4.78 is 12.0. The van der Waals surface area contributed by atoms with Crippen LogP contribution >= 0.6 is 0 Å². The van der Waals surface area contributed by atoms with E-state index in [9.17, 15) is 9.90 Å². The van der Waals surface area contributed by atoms with Crippen molar-refractivity contribution in [1.82, 2.24) is 20.1 Å². The molecule has 2 aromatic heterocycles. The van der Waals surface area contributed by atoms with Crippen LogP contribution in [0.25, 0.3) is 33.4 Å². The van der Waals surface area contributed by atoms with Gasteiger partial charge in [-0.25, -0.2) is 0 Å². The standard InChI is InChI=1S/C30H28N4O4/c1-2-26(36)34-19-12-18(13-20(34)16-37-15-19)28-27(22-8-5-6-17-10-11-38-29(17)22)23-14-24(32-33-30(23)31-28)21-7-3-4-9-25(21)35/h2-9,14,18-20,35H,1,10-13,15-16H2,(H,31,33). The summed E-state index contributed by atoms with van der Waals surface area (Å²) in [4.78, 5) is 18.2. The maximum atomic E-state index is 12.7. The lowest BCUT2D eigenvalue weighted by molar-refractivity contribution is -0.146. The lowest BCUT2D eigenvalue weighted by Gasteiger charge is -2.48. The molecule has 3 aliphatic rings. The van der Waals surface area contributed by atoms with E-state index < -0.39 is 0 Å². The summed E-state index contributed by atoms with van der Waals surface area (Å²) in [5.74, 6) is 1.21. The van der Waals surface area contributed by atoms with Crippen LogP contribution in [0.3, 0.4) is 0 Å². The molecule has 0 saturated carbocycles. The first-order chi connectivity index (χ1) is 18.6. The predicted molar refractivity (Wildman–Crippen MR) is 143 cm³/mol. The van der Waals surface area contributed by atoms with Crippen LogP contribution in [0.1, 0.15) is 30.0 Å². The van der Waals surface area contributed by atoms with Gasteiger partial charge in [-0.3, -0.25) is 4.79 Å². The molecular weight excluding hydrogens is 480 g/mol. The van der Waals surface area contributed by atoms with Gasteiger partial charge in [0.15, 0.2) is 5.65 Å². The highest BCUT2D eigenvalue weighted by Gasteiger charge is 2.42. The molecular formula is C30H28N4O4. The second kappa shape index (κ2) is 8.99. The molecule has 4 aromatic rings. The van der Waals surface area contributed by atoms with Crippen molar-refractivity contribution in [2.24, 2.45) is 0 Å². The van der Waals surface area contributed by atoms with Gasteiger partial charge >= 0.3 is 0 Å². The molecule has 7 rings (SSSR count). The lowest BCUT2D eigenvalue weighted by Crippen LogP contribution is -2.58. The third-order valence-corrected chi connectivity index (χ3v) is 8.11. The molecule has 5 heterocycles. The number of morpholine rings is 1. The zero-order valence-corrected chi connectivity index (χ0v) is 20.9. The van der Waals surface area contributed by atoms with Crippen LogP contribution in [0.2, 0.25) is 0 Å². The van der Waals surface area contributed by atoms with E-state index in [2.05, 4.69) is 40.0 Å². The number of para-hydroxylation sites is 2. The minimum absolute atomic E-state index is 0.0158. The number of carbonyl (C=O) groups excluding carboxylic acids is 1. The monoisotopic (exact) mass is 508 g/mol. The number of H-pyrrole nitrogens is 1. The Morgan fingerprint density at radius 2 is 1.87 bits per heavy atom. The van der Waals surface area contributed by atoms with Crippen molar-refractivity contribution >= 4 is 16.9 Å². The molecule has 3 aliphatic heterocycles. The van der Waals surface area contributed by atoms with Crippen molar-refractivity contribution in [1.29, 1.82) is 0 Å². The number of nitrogens with zero attached hydrogens (tertiary/aromatic N) is 3. The van der Waals surface area contributed by atoms with E-state index in [1.807, 2.05) is 23.1 Å². The minimum atomic E-state index is -0.0360. The van der Waals surface area contributed by atoms with Crippen LogP contribution in [-0.4, -0.2) is 63.0 Å². The van der Waals surface area contributed by atoms with Crippen LogP contribution in [0.5, 0.6) is 11.5 Å². The number of aromatic hydroxyl groups is 1. The molecule has 192 valence electrons. The van der Waals surface area contributed by atoms with Crippen molar-refractivity contribution in [3.05, 3.63) is 72.4 Å². The molecule has 1 amide bonds. The van der Waals surface area contributed by atoms with E-state index in [0.29, 0.717) is 36.7 Å². The van der Waals surface area contributed by atoms with Crippen molar-refractivity contribution in [2.75, 3.05) is 19.8 Å². The number of benzene rings is 2. The van der Waals surface area contributed by atoms with Crippen LogP contribution in [0.4, 0.5) is 0 Å². The van der Waals surface area contributed by atoms with E-state index in [4.69, 9.17) is 9.47 Å². The summed E-state index contributed by atoms with van der Waals surface area (Å²) >= 11 is 0. The molecule has 0 radical (unpaired) electrons. The molecule has 2 atom stereocenters. The Kier molecular flexibility index (Phi) is 5.44. The quantitative estimate of drug-likeness (QED) is 0.391. The van der Waals surface area contributed by atoms with E-state index in [-0.39, 0.29) is 29.7 Å². The van der Waals surface area contributed by atoms with Gasteiger partial charge in [-0.1, -0.05) is 36.9 Å². The molecule has 2 aromatic carbocycles. The fourth-order valence-electron chi connectivity index (χ4n) is 6.46. The van der Waals surface area contributed by atoms with E-state index in [1.165, 1.54) is 11.6 Å². The number of amides is 1. The Bertz CT molecular complexity index is 1560. The Morgan fingerprint density at radius 3 is 2.66 bits per heavy atom. The van der Waals surface area contributed by atoms with Crippen molar-refractivity contribution in [3.8, 4) is 33.9 Å². The smallest absolute Gasteiger partial charge is 0.246 e. The Balaban J connectivity index is 1.40. The number of carbonyl (C=O) groups is 1. The van der Waals surface area contributed by atoms with E-state index in [0.717, 1.165) is 47.2 Å². The highest BCUT2D eigenvalue weighted by atomic mass is 16.5. The number of nitrogens with one attached hydrogen (secondary N) is 1. The molecule has 2 fully saturated rings. The molecule has 0 spiro atoms. The van der Waals surface area contributed by atoms with Gasteiger partial charge < -0.3 is 24.5 Å². The van der Waals surface area contributed by atoms with E-state index >= 15 is 0 Å². The van der Waals surface area contributed by atoms with Gasteiger partial charge in [-0.05, 0) is 42.7 Å². The third kappa shape index (κ3) is 3.59. The number of fused-ring (bicyclic) bond motifs is 4. The number of aromatic amines is 1. The van der Waals surface area contributed by atoms with Gasteiger partial charge in [0.2, 0.25) is 5.91 Å².